The smallest absolute Gasteiger partial charge is 0.327 e. The quantitative estimate of drug-likeness (QED) is 0.606. The number of benzene rings is 1. The number of rotatable bonds is 5. The number of hydrogen-bond donors (Lipinski definition) is 2. The second-order valence-electron chi connectivity index (χ2n) is 6.52. The molecule has 3 rings (SSSR count). The molecule has 8 heteroatoms. The second kappa shape index (κ2) is 8.01. The number of aromatic nitrogens is 2. The third kappa shape index (κ3) is 4.20. The highest BCUT2D eigenvalue weighted by Gasteiger charge is 2.14. The van der Waals surface area contributed by atoms with Crippen LogP contribution in [0, 0.1) is 0 Å². The number of quaternary nitrogens is 1. The minimum absolute atomic E-state index is 0.107. The molecule has 2 N–H and O–H groups in total. The summed E-state index contributed by atoms with van der Waals surface area (Å²) in [6.45, 7) is 3.64. The Hall–Kier alpha value is -2.87. The maximum atomic E-state index is 12.6. The Morgan fingerprint density at radius 2 is 1.92 bits per heavy atom. The van der Waals surface area contributed by atoms with Crippen molar-refractivity contribution in [3.63, 3.8) is 0 Å². The summed E-state index contributed by atoms with van der Waals surface area (Å²) in [6.07, 6.45) is 1.81. The van der Waals surface area contributed by atoms with Gasteiger partial charge in [0, 0.05) is 6.54 Å². The number of aryl methyl sites for hydroxylation is 1. The Labute approximate surface area is 151 Å². The normalized spacial score (nSPS) is 15.7. The molecule has 8 nitrogen and oxygen atoms in total. The van der Waals surface area contributed by atoms with Crippen LogP contribution >= 0.6 is 0 Å². The minimum atomic E-state index is -0.695. The van der Waals surface area contributed by atoms with E-state index in [2.05, 4.69) is 17.1 Å². The van der Waals surface area contributed by atoms with Crippen molar-refractivity contribution >= 4 is 6.21 Å². The molecule has 0 atom stereocenters. The molecule has 1 aliphatic rings. The number of H-pyrrole nitrogens is 1. The number of piperazine rings is 1. The van der Waals surface area contributed by atoms with Gasteiger partial charge in [-0.15, -0.1) is 0 Å². The topological polar surface area (TPSA) is 98.0 Å². The summed E-state index contributed by atoms with van der Waals surface area (Å²) >= 11 is 0. The number of likely N-dealkylation sites (N-methyl/N-ethyl adjacent to an activating group) is 1. The first-order valence-corrected chi connectivity index (χ1v) is 8.73. The van der Waals surface area contributed by atoms with E-state index >= 15 is 0 Å². The Balaban J connectivity index is 1.80. The number of nitrogens with zero attached hydrogens (tertiary/aromatic N) is 3. The van der Waals surface area contributed by atoms with Crippen molar-refractivity contribution in [3.05, 3.63) is 62.3 Å². The van der Waals surface area contributed by atoms with Crippen molar-refractivity contribution in [1.82, 2.24) is 14.6 Å². The van der Waals surface area contributed by atoms with E-state index in [1.807, 2.05) is 35.3 Å². The molecule has 2 aromatic rings. The summed E-state index contributed by atoms with van der Waals surface area (Å²) in [5.74, 6) is -0.599. The molecule has 0 amide bonds. The fourth-order valence-electron chi connectivity index (χ4n) is 2.90. The zero-order valence-electron chi connectivity index (χ0n) is 14.8. The van der Waals surface area contributed by atoms with Crippen LogP contribution in [0.25, 0.3) is 0 Å². The lowest BCUT2D eigenvalue weighted by molar-refractivity contribution is -0.884. The SMILES string of the molecule is C[NH+]1CCN(N=Cc2c([O-])n(CCc3ccccc3)c(=O)[nH]c2=O)CC1. The maximum Gasteiger partial charge on any atom is 0.327 e. The molecule has 1 fully saturated rings. The summed E-state index contributed by atoms with van der Waals surface area (Å²) in [5, 5.41) is 18.7. The number of hydrogen-bond acceptors (Lipinski definition) is 5. The van der Waals surface area contributed by atoms with E-state index in [0.717, 1.165) is 36.3 Å². The predicted molar refractivity (Wildman–Crippen MR) is 96.7 cm³/mol. The molecule has 2 heterocycles. The van der Waals surface area contributed by atoms with Crippen molar-refractivity contribution < 1.29 is 10.0 Å². The van der Waals surface area contributed by atoms with Crippen LogP contribution in [0.1, 0.15) is 11.1 Å². The Morgan fingerprint density at radius 1 is 1.23 bits per heavy atom. The summed E-state index contributed by atoms with van der Waals surface area (Å²) in [5.41, 5.74) is -0.472. The number of hydrazone groups is 1. The molecular formula is C18H23N5O3. The lowest BCUT2D eigenvalue weighted by Gasteiger charge is -2.27. The maximum absolute atomic E-state index is 12.6. The van der Waals surface area contributed by atoms with Gasteiger partial charge in [-0.25, -0.2) is 4.79 Å². The molecule has 0 bridgehead atoms. The first kappa shape index (κ1) is 17.9. The zero-order chi connectivity index (χ0) is 18.5. The standard InChI is InChI=1S/C18H23N5O3/c1-21-9-11-22(12-10-21)19-13-15-16(24)20-18(26)23(17(15)25)8-7-14-5-3-2-4-6-14/h2-6,13,25H,7-12H2,1H3,(H,20,24,26). The number of aromatic amines is 1. The fraction of sp³-hybridized carbons (Fsp3) is 0.389. The second-order valence-corrected chi connectivity index (χ2v) is 6.52. The molecular weight excluding hydrogens is 334 g/mol. The van der Waals surface area contributed by atoms with Crippen LogP contribution in [0.4, 0.5) is 0 Å². The van der Waals surface area contributed by atoms with Gasteiger partial charge in [0.05, 0.1) is 45.0 Å². The van der Waals surface area contributed by atoms with E-state index < -0.39 is 17.1 Å². The van der Waals surface area contributed by atoms with Crippen LogP contribution < -0.4 is 21.3 Å². The van der Waals surface area contributed by atoms with E-state index in [9.17, 15) is 14.7 Å². The molecule has 1 aliphatic heterocycles. The van der Waals surface area contributed by atoms with Gasteiger partial charge < -0.3 is 14.6 Å². The average Bonchev–Trinajstić information content (AvgIpc) is 2.63. The van der Waals surface area contributed by atoms with Crippen molar-refractivity contribution in [2.45, 2.75) is 13.0 Å². The van der Waals surface area contributed by atoms with Gasteiger partial charge >= 0.3 is 5.69 Å². The summed E-state index contributed by atoms with van der Waals surface area (Å²) in [4.78, 5) is 27.7. The predicted octanol–water partition coefficient (Wildman–Crippen LogP) is -1.98. The molecule has 0 unspecified atom stereocenters. The first-order chi connectivity index (χ1) is 12.5. The van der Waals surface area contributed by atoms with E-state index in [1.165, 1.54) is 11.1 Å². The van der Waals surface area contributed by atoms with Crippen LogP contribution in [0.15, 0.2) is 45.0 Å². The van der Waals surface area contributed by atoms with Gasteiger partial charge in [0.25, 0.3) is 5.56 Å². The first-order valence-electron chi connectivity index (χ1n) is 8.73. The van der Waals surface area contributed by atoms with Crippen molar-refractivity contribution in [2.24, 2.45) is 5.10 Å². The molecule has 1 saturated heterocycles. The largest absolute Gasteiger partial charge is 0.859 e. The Bertz CT molecular complexity index is 880. The van der Waals surface area contributed by atoms with Crippen molar-refractivity contribution in [1.29, 1.82) is 0 Å². The van der Waals surface area contributed by atoms with Crippen molar-refractivity contribution in [3.8, 4) is 5.88 Å². The zero-order valence-corrected chi connectivity index (χ0v) is 14.8. The van der Waals surface area contributed by atoms with Crippen LogP contribution in [0.3, 0.4) is 0 Å². The van der Waals surface area contributed by atoms with Gasteiger partial charge in [0.1, 0.15) is 0 Å². The third-order valence-corrected chi connectivity index (χ3v) is 4.60. The highest BCUT2D eigenvalue weighted by atomic mass is 16.3. The van der Waals surface area contributed by atoms with E-state index in [1.54, 1.807) is 0 Å². The van der Waals surface area contributed by atoms with Gasteiger partial charge in [-0.3, -0.25) is 14.8 Å². The molecule has 1 aromatic carbocycles. The summed E-state index contributed by atoms with van der Waals surface area (Å²) in [6, 6.07) is 9.57. The minimum Gasteiger partial charge on any atom is -0.859 e. The lowest BCUT2D eigenvalue weighted by atomic mass is 10.1. The number of nitrogens with one attached hydrogen (secondary N) is 2. The van der Waals surface area contributed by atoms with E-state index in [4.69, 9.17) is 0 Å². The highest BCUT2D eigenvalue weighted by Crippen LogP contribution is 2.07. The Kier molecular flexibility index (Phi) is 5.52. The third-order valence-electron chi connectivity index (χ3n) is 4.60. The van der Waals surface area contributed by atoms with Gasteiger partial charge in [-0.05, 0) is 17.9 Å². The van der Waals surface area contributed by atoms with Crippen LogP contribution in [0.2, 0.25) is 0 Å². The fourth-order valence-corrected chi connectivity index (χ4v) is 2.90. The highest BCUT2D eigenvalue weighted by molar-refractivity contribution is 5.81. The van der Waals surface area contributed by atoms with Gasteiger partial charge in [-0.2, -0.15) is 5.10 Å². The summed E-state index contributed by atoms with van der Waals surface area (Å²) in [7, 11) is 2.12. The Morgan fingerprint density at radius 3 is 2.62 bits per heavy atom. The molecule has 138 valence electrons. The average molecular weight is 357 g/mol. The van der Waals surface area contributed by atoms with Crippen molar-refractivity contribution in [2.75, 3.05) is 33.2 Å². The molecule has 1 aromatic heterocycles. The molecule has 26 heavy (non-hydrogen) atoms. The van der Waals surface area contributed by atoms with Crippen LogP contribution in [0.5, 0.6) is 5.88 Å². The monoisotopic (exact) mass is 357 g/mol. The van der Waals surface area contributed by atoms with Crippen LogP contribution in [-0.2, 0) is 13.0 Å². The van der Waals surface area contributed by atoms with Gasteiger partial charge in [-0.1, -0.05) is 30.3 Å². The molecule has 0 aliphatic carbocycles. The molecule has 0 saturated carbocycles. The van der Waals surface area contributed by atoms with E-state index in [-0.39, 0.29) is 12.1 Å². The molecule has 0 radical (unpaired) electrons. The lowest BCUT2D eigenvalue weighted by Crippen LogP contribution is -3.11. The molecule has 0 spiro atoms. The van der Waals surface area contributed by atoms with Crippen LogP contribution in [-0.4, -0.2) is 54.0 Å². The van der Waals surface area contributed by atoms with E-state index in [0.29, 0.717) is 6.42 Å². The van der Waals surface area contributed by atoms with Gasteiger partial charge in [0.15, 0.2) is 0 Å². The summed E-state index contributed by atoms with van der Waals surface area (Å²) < 4.78 is 1.06. The van der Waals surface area contributed by atoms with Gasteiger partial charge in [0.2, 0.25) is 0 Å².